The number of fused-ring (bicyclic) bond motifs is 1. The van der Waals surface area contributed by atoms with Crippen LogP contribution in [0.4, 0.5) is 5.69 Å². The van der Waals surface area contributed by atoms with Crippen LogP contribution in [-0.2, 0) is 6.42 Å². The van der Waals surface area contributed by atoms with Crippen LogP contribution in [0.1, 0.15) is 30.5 Å². The summed E-state index contributed by atoms with van der Waals surface area (Å²) >= 11 is 6.15. The summed E-state index contributed by atoms with van der Waals surface area (Å²) in [5.74, 6) is 0. The first-order valence-corrected chi connectivity index (χ1v) is 7.01. The predicted molar refractivity (Wildman–Crippen MR) is 84.9 cm³/mol. The number of nitrogens with zero attached hydrogens (tertiary/aromatic N) is 2. The van der Waals surface area contributed by atoms with E-state index >= 15 is 0 Å². The van der Waals surface area contributed by atoms with Crippen LogP contribution in [0.5, 0.6) is 0 Å². The number of aromatic nitrogens is 1. The lowest BCUT2D eigenvalue weighted by molar-refractivity contribution is 1.30. The molecule has 0 amide bonds. The Bertz CT molecular complexity index is 730. The van der Waals surface area contributed by atoms with Gasteiger partial charge >= 0.3 is 0 Å². The van der Waals surface area contributed by atoms with Gasteiger partial charge in [-0.3, -0.25) is 4.99 Å². The third-order valence-corrected chi connectivity index (χ3v) is 3.95. The van der Waals surface area contributed by atoms with Gasteiger partial charge in [-0.2, -0.15) is 0 Å². The van der Waals surface area contributed by atoms with Gasteiger partial charge in [0, 0.05) is 18.2 Å². The highest BCUT2D eigenvalue weighted by atomic mass is 35.5. The summed E-state index contributed by atoms with van der Waals surface area (Å²) in [6.07, 6.45) is 4.63. The maximum absolute atomic E-state index is 6.15. The Morgan fingerprint density at radius 2 is 2.15 bits per heavy atom. The van der Waals surface area contributed by atoms with Crippen molar-refractivity contribution in [1.82, 2.24) is 4.98 Å². The Labute approximate surface area is 123 Å². The molecule has 2 heterocycles. The smallest absolute Gasteiger partial charge is 0.138 e. The summed E-state index contributed by atoms with van der Waals surface area (Å²) in [5.41, 5.74) is 6.73. The quantitative estimate of drug-likeness (QED) is 0.724. The lowest BCUT2D eigenvalue weighted by Crippen LogP contribution is -2.02. The van der Waals surface area contributed by atoms with Crippen molar-refractivity contribution in [3.63, 3.8) is 0 Å². The highest BCUT2D eigenvalue weighted by Gasteiger charge is 2.18. The van der Waals surface area contributed by atoms with Crippen LogP contribution < -0.4 is 0 Å². The molecule has 20 heavy (non-hydrogen) atoms. The molecular formula is C17H15ClN2. The predicted octanol–water partition coefficient (Wildman–Crippen LogP) is 4.84. The molecule has 0 aliphatic carbocycles. The SMILES string of the molecule is CC=C(C)c1ccc2c(c1)CC(c1cccnc1Cl)=N2. The van der Waals surface area contributed by atoms with Gasteiger partial charge in [-0.25, -0.2) is 4.98 Å². The Morgan fingerprint density at radius 3 is 2.90 bits per heavy atom. The van der Waals surface area contributed by atoms with Gasteiger partial charge in [-0.15, -0.1) is 0 Å². The summed E-state index contributed by atoms with van der Waals surface area (Å²) in [7, 11) is 0. The number of rotatable bonds is 2. The molecular weight excluding hydrogens is 268 g/mol. The van der Waals surface area contributed by atoms with Crippen LogP contribution in [-0.4, -0.2) is 10.7 Å². The molecule has 100 valence electrons. The summed E-state index contributed by atoms with van der Waals surface area (Å²) in [6.45, 7) is 4.18. The molecule has 3 rings (SSSR count). The summed E-state index contributed by atoms with van der Waals surface area (Å²) in [5, 5.41) is 0.518. The lowest BCUT2D eigenvalue weighted by Gasteiger charge is -2.04. The zero-order valence-corrected chi connectivity index (χ0v) is 12.3. The third-order valence-electron chi connectivity index (χ3n) is 3.65. The summed E-state index contributed by atoms with van der Waals surface area (Å²) < 4.78 is 0. The van der Waals surface area contributed by atoms with Crippen LogP contribution in [0.2, 0.25) is 5.15 Å². The van der Waals surface area contributed by atoms with Crippen molar-refractivity contribution in [3.05, 3.63) is 64.4 Å². The van der Waals surface area contributed by atoms with Crippen molar-refractivity contribution in [2.45, 2.75) is 20.3 Å². The second kappa shape index (κ2) is 5.22. The normalized spacial score (nSPS) is 14.2. The van der Waals surface area contributed by atoms with Crippen molar-refractivity contribution >= 4 is 28.6 Å². The number of hydrogen-bond acceptors (Lipinski definition) is 2. The largest absolute Gasteiger partial charge is 0.252 e. The van der Waals surface area contributed by atoms with Gasteiger partial charge < -0.3 is 0 Å². The second-order valence-corrected chi connectivity index (χ2v) is 5.25. The fraction of sp³-hybridized carbons (Fsp3) is 0.176. The average Bonchev–Trinajstić information content (AvgIpc) is 2.89. The number of hydrogen-bond donors (Lipinski definition) is 0. The van der Waals surface area contributed by atoms with Crippen molar-refractivity contribution in [1.29, 1.82) is 0 Å². The first-order chi connectivity index (χ1) is 9.69. The van der Waals surface area contributed by atoms with Crippen LogP contribution >= 0.6 is 11.6 Å². The summed E-state index contributed by atoms with van der Waals surface area (Å²) in [6, 6.07) is 10.3. The Kier molecular flexibility index (Phi) is 3.41. The Balaban J connectivity index is 1.97. The molecule has 0 bridgehead atoms. The van der Waals surface area contributed by atoms with E-state index in [-0.39, 0.29) is 0 Å². The minimum Gasteiger partial charge on any atom is -0.252 e. The van der Waals surface area contributed by atoms with Crippen LogP contribution in [0, 0.1) is 0 Å². The van der Waals surface area contributed by atoms with Gasteiger partial charge in [0.1, 0.15) is 5.15 Å². The van der Waals surface area contributed by atoms with Crippen LogP contribution in [0.15, 0.2) is 47.6 Å². The number of aliphatic imine (C=N–C) groups is 1. The van der Waals surface area contributed by atoms with Gasteiger partial charge in [0.2, 0.25) is 0 Å². The highest BCUT2D eigenvalue weighted by molar-refractivity contribution is 6.33. The Morgan fingerprint density at radius 1 is 1.30 bits per heavy atom. The standard InChI is InChI=1S/C17H15ClN2/c1-3-11(2)12-6-7-15-13(9-12)10-16(20-15)14-5-4-8-19-17(14)18/h3-9H,10H2,1-2H3. The van der Waals surface area contributed by atoms with E-state index in [1.807, 2.05) is 12.1 Å². The molecule has 0 saturated heterocycles. The Hall–Kier alpha value is -1.93. The molecule has 1 aromatic heterocycles. The van der Waals surface area contributed by atoms with Crippen molar-refractivity contribution in [2.24, 2.45) is 4.99 Å². The van der Waals surface area contributed by atoms with E-state index in [9.17, 15) is 0 Å². The molecule has 0 saturated carbocycles. The van der Waals surface area contributed by atoms with Crippen molar-refractivity contribution < 1.29 is 0 Å². The van der Waals surface area contributed by atoms with E-state index in [1.165, 1.54) is 16.7 Å². The minimum atomic E-state index is 0.518. The molecule has 0 spiro atoms. The first-order valence-electron chi connectivity index (χ1n) is 6.63. The van der Waals surface area contributed by atoms with Gasteiger partial charge in [-0.05, 0) is 54.8 Å². The molecule has 0 atom stereocenters. The van der Waals surface area contributed by atoms with E-state index in [4.69, 9.17) is 11.6 Å². The lowest BCUT2D eigenvalue weighted by atomic mass is 10.0. The molecule has 1 aromatic carbocycles. The van der Waals surface area contributed by atoms with Gasteiger partial charge in [0.05, 0.1) is 11.4 Å². The molecule has 2 nitrogen and oxygen atoms in total. The average molecular weight is 283 g/mol. The first kappa shape index (κ1) is 13.1. The highest BCUT2D eigenvalue weighted by Crippen LogP contribution is 2.32. The fourth-order valence-electron chi connectivity index (χ4n) is 2.37. The van der Waals surface area contributed by atoms with Gasteiger partial charge in [0.15, 0.2) is 0 Å². The molecule has 0 radical (unpaired) electrons. The molecule has 0 N–H and O–H groups in total. The monoisotopic (exact) mass is 282 g/mol. The van der Waals surface area contributed by atoms with E-state index in [1.54, 1.807) is 6.20 Å². The maximum atomic E-state index is 6.15. The zero-order valence-electron chi connectivity index (χ0n) is 11.5. The molecule has 2 aromatic rings. The van der Waals surface area contributed by atoms with Crippen LogP contribution in [0.25, 0.3) is 5.57 Å². The number of allylic oxidation sites excluding steroid dienone is 2. The van der Waals surface area contributed by atoms with Crippen LogP contribution in [0.3, 0.4) is 0 Å². The molecule has 1 aliphatic heterocycles. The number of halogens is 1. The van der Waals surface area contributed by atoms with E-state index in [0.29, 0.717) is 5.15 Å². The molecule has 0 fully saturated rings. The van der Waals surface area contributed by atoms with Gasteiger partial charge in [-0.1, -0.05) is 23.7 Å². The maximum Gasteiger partial charge on any atom is 0.138 e. The van der Waals surface area contributed by atoms with Crippen molar-refractivity contribution in [3.8, 4) is 0 Å². The van der Waals surface area contributed by atoms with E-state index < -0.39 is 0 Å². The second-order valence-electron chi connectivity index (χ2n) is 4.89. The topological polar surface area (TPSA) is 25.2 Å². The van der Waals surface area contributed by atoms with Crippen molar-refractivity contribution in [2.75, 3.05) is 0 Å². The fourth-order valence-corrected chi connectivity index (χ4v) is 2.60. The van der Waals surface area contributed by atoms with E-state index in [2.05, 4.69) is 48.1 Å². The van der Waals surface area contributed by atoms with E-state index in [0.717, 1.165) is 23.4 Å². The molecule has 1 aliphatic rings. The minimum absolute atomic E-state index is 0.518. The van der Waals surface area contributed by atoms with Gasteiger partial charge in [0.25, 0.3) is 0 Å². The summed E-state index contributed by atoms with van der Waals surface area (Å²) in [4.78, 5) is 8.80. The molecule has 0 unspecified atom stereocenters. The number of pyridine rings is 1. The third kappa shape index (κ3) is 2.27. The zero-order chi connectivity index (χ0) is 14.1. The number of benzene rings is 1. The molecule has 3 heteroatoms.